The van der Waals surface area contributed by atoms with E-state index in [0.29, 0.717) is 0 Å². The summed E-state index contributed by atoms with van der Waals surface area (Å²) in [5, 5.41) is 2.50. The number of hydrogen-bond donors (Lipinski definition) is 0. The molecule has 0 radical (unpaired) electrons. The second kappa shape index (κ2) is 13.9. The lowest BCUT2D eigenvalue weighted by molar-refractivity contribution is 0.793. The van der Waals surface area contributed by atoms with E-state index in [1.807, 2.05) is 18.3 Å². The van der Waals surface area contributed by atoms with Gasteiger partial charge in [0.15, 0.2) is 0 Å². The van der Waals surface area contributed by atoms with Crippen molar-refractivity contribution in [1.82, 2.24) is 9.55 Å². The zero-order chi connectivity index (χ0) is 41.5. The fraction of sp³-hybridized carbons (Fsp3) is 0.0167. The van der Waals surface area contributed by atoms with Crippen LogP contribution in [0.2, 0.25) is 0 Å². The van der Waals surface area contributed by atoms with E-state index in [9.17, 15) is 0 Å². The first-order valence-corrected chi connectivity index (χ1v) is 21.7. The number of benzene rings is 9. The molecular weight excluding hydrogens is 763 g/mol. The minimum Gasteiger partial charge on any atom is -0.310 e. The number of pyridine rings is 1. The predicted molar refractivity (Wildman–Crippen MR) is 260 cm³/mol. The second-order valence-electron chi connectivity index (χ2n) is 16.6. The van der Waals surface area contributed by atoms with Crippen molar-refractivity contribution in [1.29, 1.82) is 0 Å². The maximum absolute atomic E-state index is 4.68. The van der Waals surface area contributed by atoms with E-state index < -0.39 is 5.41 Å². The summed E-state index contributed by atoms with van der Waals surface area (Å²) in [6, 6.07) is 84.5. The summed E-state index contributed by atoms with van der Waals surface area (Å²) in [4.78, 5) is 7.16. The minimum absolute atomic E-state index is 0.510. The molecular formula is C60H39N3. The Kier molecular flexibility index (Phi) is 7.82. The number of para-hydroxylation sites is 2. The Labute approximate surface area is 366 Å². The first kappa shape index (κ1) is 35.5. The Morgan fingerprint density at radius 3 is 1.57 bits per heavy atom. The van der Waals surface area contributed by atoms with Crippen LogP contribution in [0.15, 0.2) is 237 Å². The molecule has 11 aromatic rings. The van der Waals surface area contributed by atoms with Crippen LogP contribution in [0.1, 0.15) is 22.3 Å². The summed E-state index contributed by atoms with van der Waals surface area (Å²) in [7, 11) is 0. The molecule has 2 aliphatic rings. The molecule has 2 aromatic heterocycles. The van der Waals surface area contributed by atoms with Gasteiger partial charge in [-0.2, -0.15) is 0 Å². The van der Waals surface area contributed by atoms with Gasteiger partial charge in [-0.05, 0) is 117 Å². The molecule has 0 fully saturated rings. The molecule has 0 atom stereocenters. The highest BCUT2D eigenvalue weighted by atomic mass is 15.1. The molecule has 3 heteroatoms. The van der Waals surface area contributed by atoms with Crippen molar-refractivity contribution in [2.75, 3.05) is 4.90 Å². The van der Waals surface area contributed by atoms with E-state index >= 15 is 0 Å². The monoisotopic (exact) mass is 801 g/mol. The van der Waals surface area contributed by atoms with Crippen LogP contribution in [0.5, 0.6) is 0 Å². The predicted octanol–water partition coefficient (Wildman–Crippen LogP) is 15.3. The summed E-state index contributed by atoms with van der Waals surface area (Å²) in [5.74, 6) is 0. The van der Waals surface area contributed by atoms with Crippen molar-refractivity contribution >= 4 is 38.9 Å². The van der Waals surface area contributed by atoms with Crippen molar-refractivity contribution in [2.45, 2.75) is 5.41 Å². The molecule has 0 unspecified atom stereocenters. The molecule has 294 valence electrons. The smallest absolute Gasteiger partial charge is 0.0746 e. The molecule has 1 spiro atoms. The first-order chi connectivity index (χ1) is 31.3. The van der Waals surface area contributed by atoms with Gasteiger partial charge in [-0.15, -0.1) is 0 Å². The van der Waals surface area contributed by atoms with Crippen LogP contribution in [0.3, 0.4) is 0 Å². The Balaban J connectivity index is 1.04. The quantitative estimate of drug-likeness (QED) is 0.167. The van der Waals surface area contributed by atoms with Gasteiger partial charge in [0.1, 0.15) is 0 Å². The number of rotatable bonds is 6. The minimum atomic E-state index is -0.510. The van der Waals surface area contributed by atoms with Gasteiger partial charge in [0, 0.05) is 45.2 Å². The zero-order valence-electron chi connectivity index (χ0n) is 34.4. The van der Waals surface area contributed by atoms with Crippen molar-refractivity contribution in [2.24, 2.45) is 0 Å². The standard InChI is InChI=1S/C60H39N3/c1-2-16-42(17-3-1)63-55-28-11-7-21-50(55)58-45(22-14-29-56(58)63)40-31-35-43(36-32-40)62(44-37-33-41(34-38-44)54-27-12-13-39-61-54)57-30-15-23-49-48-20-6-10-26-53(48)60(59(49)57)51-24-8-4-18-46(51)47-19-5-9-25-52(47)60/h1-39H. The zero-order valence-corrected chi connectivity index (χ0v) is 34.4. The lowest BCUT2D eigenvalue weighted by Crippen LogP contribution is -2.28. The second-order valence-corrected chi connectivity index (χ2v) is 16.6. The van der Waals surface area contributed by atoms with Crippen molar-refractivity contribution in [3.05, 3.63) is 259 Å². The van der Waals surface area contributed by atoms with Gasteiger partial charge < -0.3 is 9.47 Å². The average Bonchev–Trinajstić information content (AvgIpc) is 3.97. The van der Waals surface area contributed by atoms with Crippen LogP contribution in [0.25, 0.3) is 72.1 Å². The topological polar surface area (TPSA) is 21.1 Å². The molecule has 9 aromatic carbocycles. The van der Waals surface area contributed by atoms with E-state index in [4.69, 9.17) is 0 Å². The summed E-state index contributed by atoms with van der Waals surface area (Å²) in [6.45, 7) is 0. The van der Waals surface area contributed by atoms with Crippen LogP contribution in [-0.2, 0) is 5.41 Å². The first-order valence-electron chi connectivity index (χ1n) is 21.7. The van der Waals surface area contributed by atoms with Gasteiger partial charge in [-0.3, -0.25) is 4.98 Å². The van der Waals surface area contributed by atoms with E-state index in [-0.39, 0.29) is 0 Å². The normalized spacial score (nSPS) is 12.9. The van der Waals surface area contributed by atoms with Crippen LogP contribution < -0.4 is 4.90 Å². The van der Waals surface area contributed by atoms with Crippen molar-refractivity contribution < 1.29 is 0 Å². The lowest BCUT2D eigenvalue weighted by Gasteiger charge is -2.36. The highest BCUT2D eigenvalue weighted by molar-refractivity contribution is 6.16. The number of hydrogen-bond acceptors (Lipinski definition) is 2. The fourth-order valence-electron chi connectivity index (χ4n) is 11.0. The van der Waals surface area contributed by atoms with Crippen LogP contribution in [-0.4, -0.2) is 9.55 Å². The molecule has 0 N–H and O–H groups in total. The summed E-state index contributed by atoms with van der Waals surface area (Å²) >= 11 is 0. The number of fused-ring (bicyclic) bond motifs is 13. The SMILES string of the molecule is c1ccc(-n2c3ccccc3c3c(-c4ccc(N(c5ccc(-c6ccccn6)cc5)c5cccc6c5C5(c7ccccc7-c7ccccc75)c5ccccc5-6)cc4)cccc32)cc1. The molecule has 2 aliphatic carbocycles. The lowest BCUT2D eigenvalue weighted by atomic mass is 9.70. The van der Waals surface area contributed by atoms with Gasteiger partial charge in [0.25, 0.3) is 0 Å². The Bertz CT molecular complexity index is 3490. The molecule has 13 rings (SSSR count). The van der Waals surface area contributed by atoms with Crippen molar-refractivity contribution in [3.8, 4) is 50.3 Å². The molecule has 0 saturated carbocycles. The Morgan fingerprint density at radius 2 is 0.905 bits per heavy atom. The fourth-order valence-corrected chi connectivity index (χ4v) is 11.0. The largest absolute Gasteiger partial charge is 0.310 e. The van der Waals surface area contributed by atoms with Gasteiger partial charge in [0.05, 0.1) is 27.8 Å². The maximum Gasteiger partial charge on any atom is 0.0746 e. The third-order valence-corrected chi connectivity index (χ3v) is 13.5. The van der Waals surface area contributed by atoms with Gasteiger partial charge in [-0.1, -0.05) is 164 Å². The number of nitrogens with zero attached hydrogens (tertiary/aromatic N) is 3. The third-order valence-electron chi connectivity index (χ3n) is 13.5. The van der Waals surface area contributed by atoms with Gasteiger partial charge in [0.2, 0.25) is 0 Å². The Morgan fingerprint density at radius 1 is 0.381 bits per heavy atom. The van der Waals surface area contributed by atoms with Gasteiger partial charge >= 0.3 is 0 Å². The van der Waals surface area contributed by atoms with Gasteiger partial charge in [-0.25, -0.2) is 0 Å². The van der Waals surface area contributed by atoms with Crippen LogP contribution in [0, 0.1) is 0 Å². The molecule has 2 heterocycles. The molecule has 0 saturated heterocycles. The highest BCUT2D eigenvalue weighted by Gasteiger charge is 2.53. The average molecular weight is 802 g/mol. The summed E-state index contributed by atoms with van der Waals surface area (Å²) in [6.07, 6.45) is 1.86. The number of anilines is 3. The van der Waals surface area contributed by atoms with E-state index in [1.165, 1.54) is 77.4 Å². The molecule has 3 nitrogen and oxygen atoms in total. The molecule has 63 heavy (non-hydrogen) atoms. The third kappa shape index (κ3) is 5.11. The Hall–Kier alpha value is -8.27. The summed E-state index contributed by atoms with van der Waals surface area (Å²) in [5.41, 5.74) is 21.2. The molecule has 0 aliphatic heterocycles. The summed E-state index contributed by atoms with van der Waals surface area (Å²) < 4.78 is 2.39. The van der Waals surface area contributed by atoms with E-state index in [2.05, 4.69) is 233 Å². The number of aromatic nitrogens is 2. The van der Waals surface area contributed by atoms with Crippen LogP contribution in [0.4, 0.5) is 17.1 Å². The van der Waals surface area contributed by atoms with E-state index in [1.54, 1.807) is 0 Å². The van der Waals surface area contributed by atoms with Crippen LogP contribution >= 0.6 is 0 Å². The molecule has 0 bridgehead atoms. The maximum atomic E-state index is 4.68. The van der Waals surface area contributed by atoms with Crippen molar-refractivity contribution in [3.63, 3.8) is 0 Å². The van der Waals surface area contributed by atoms with E-state index in [0.717, 1.165) is 34.0 Å². The highest BCUT2D eigenvalue weighted by Crippen LogP contribution is 2.65. The molecule has 0 amide bonds.